The van der Waals surface area contributed by atoms with Crippen LogP contribution in [-0.2, 0) is 11.2 Å². The van der Waals surface area contributed by atoms with Gasteiger partial charge in [-0.3, -0.25) is 9.59 Å². The summed E-state index contributed by atoms with van der Waals surface area (Å²) in [6.45, 7) is 5.29. The van der Waals surface area contributed by atoms with Crippen molar-refractivity contribution in [3.05, 3.63) is 46.5 Å². The lowest BCUT2D eigenvalue weighted by molar-refractivity contribution is -0.127. The van der Waals surface area contributed by atoms with Crippen LogP contribution in [0.25, 0.3) is 15.9 Å². The number of carbonyl (C=O) groups is 2. The Morgan fingerprint density at radius 1 is 1.17 bits per heavy atom. The number of carbonyl (C=O) groups excluding carboxylic acids is 2. The lowest BCUT2D eigenvalue weighted by Gasteiger charge is -2.23. The van der Waals surface area contributed by atoms with Gasteiger partial charge in [0, 0.05) is 24.4 Å². The summed E-state index contributed by atoms with van der Waals surface area (Å²) in [6, 6.07) is 10.2. The van der Waals surface area contributed by atoms with Gasteiger partial charge >= 0.3 is 0 Å². The normalized spacial score (nSPS) is 13.9. The smallest absolute Gasteiger partial charge is 0.261 e. The molecule has 2 aromatic heterocycles. The van der Waals surface area contributed by atoms with Crippen LogP contribution in [0.2, 0.25) is 0 Å². The second kappa shape index (κ2) is 9.00. The van der Waals surface area contributed by atoms with Gasteiger partial charge in [0.05, 0.1) is 16.3 Å². The van der Waals surface area contributed by atoms with Gasteiger partial charge in [0.1, 0.15) is 4.83 Å². The van der Waals surface area contributed by atoms with E-state index in [1.54, 1.807) is 0 Å². The molecule has 0 spiro atoms. The highest BCUT2D eigenvalue weighted by atomic mass is 32.1. The van der Waals surface area contributed by atoms with E-state index in [2.05, 4.69) is 48.7 Å². The third kappa shape index (κ3) is 4.26. The van der Waals surface area contributed by atoms with Gasteiger partial charge in [0.15, 0.2) is 0 Å². The van der Waals surface area contributed by atoms with E-state index >= 15 is 0 Å². The van der Waals surface area contributed by atoms with E-state index in [1.807, 2.05) is 10.7 Å². The van der Waals surface area contributed by atoms with Crippen molar-refractivity contribution in [2.45, 2.75) is 46.0 Å². The Hall–Kier alpha value is -2.67. The number of hydrogen-bond donors (Lipinski definition) is 2. The van der Waals surface area contributed by atoms with Crippen molar-refractivity contribution in [1.82, 2.24) is 20.4 Å². The van der Waals surface area contributed by atoms with Crippen LogP contribution in [0.15, 0.2) is 30.3 Å². The molecule has 7 heteroatoms. The summed E-state index contributed by atoms with van der Waals surface area (Å²) in [5.41, 5.74) is 3.20. The Morgan fingerprint density at radius 3 is 2.57 bits per heavy atom. The van der Waals surface area contributed by atoms with Gasteiger partial charge < -0.3 is 10.6 Å². The van der Waals surface area contributed by atoms with Crippen molar-refractivity contribution in [2.24, 2.45) is 5.92 Å². The molecule has 0 saturated heterocycles. The zero-order valence-electron chi connectivity index (χ0n) is 17.5. The summed E-state index contributed by atoms with van der Waals surface area (Å²) >= 11 is 1.47. The fraction of sp³-hybridized carbons (Fsp3) is 0.435. The molecule has 4 rings (SSSR count). The zero-order valence-corrected chi connectivity index (χ0v) is 18.3. The average Bonchev–Trinajstić information content (AvgIpc) is 3.26. The number of benzene rings is 1. The predicted molar refractivity (Wildman–Crippen MR) is 120 cm³/mol. The van der Waals surface area contributed by atoms with E-state index in [4.69, 9.17) is 5.10 Å². The molecule has 2 amide bonds. The fourth-order valence-electron chi connectivity index (χ4n) is 3.60. The maximum atomic E-state index is 12.6. The standard InChI is InChI=1S/C23H28N4O2S/c1-3-19-18-14-20(22(29)25-13-5-12-24-21(28)16-6-4-7-16)30-23(18)27(26-19)17-10-8-15(2)9-11-17/h8-11,14,16H,3-7,12-13H2,1-2H3,(H,24,28)(H,25,29). The quantitative estimate of drug-likeness (QED) is 0.537. The molecular weight excluding hydrogens is 396 g/mol. The minimum atomic E-state index is -0.0703. The first-order chi connectivity index (χ1) is 14.6. The third-order valence-electron chi connectivity index (χ3n) is 5.69. The van der Waals surface area contributed by atoms with Crippen LogP contribution in [0.1, 0.15) is 53.5 Å². The molecular formula is C23H28N4O2S. The summed E-state index contributed by atoms with van der Waals surface area (Å²) in [5, 5.41) is 11.7. The van der Waals surface area contributed by atoms with Crippen molar-refractivity contribution in [2.75, 3.05) is 13.1 Å². The topological polar surface area (TPSA) is 76.0 Å². The maximum Gasteiger partial charge on any atom is 0.261 e. The van der Waals surface area contributed by atoms with Crippen LogP contribution >= 0.6 is 11.3 Å². The number of aryl methyl sites for hydroxylation is 2. The van der Waals surface area contributed by atoms with E-state index < -0.39 is 0 Å². The number of amides is 2. The fourth-order valence-corrected chi connectivity index (χ4v) is 4.67. The Kier molecular flexibility index (Phi) is 6.18. The van der Waals surface area contributed by atoms with Gasteiger partial charge in [-0.05, 0) is 50.8 Å². The highest BCUT2D eigenvalue weighted by Gasteiger charge is 2.24. The van der Waals surface area contributed by atoms with Gasteiger partial charge in [-0.15, -0.1) is 11.3 Å². The number of aromatic nitrogens is 2. The van der Waals surface area contributed by atoms with E-state index in [9.17, 15) is 9.59 Å². The number of nitrogens with one attached hydrogen (secondary N) is 2. The molecule has 1 saturated carbocycles. The first kappa shape index (κ1) is 20.6. The average molecular weight is 425 g/mol. The summed E-state index contributed by atoms with van der Waals surface area (Å²) in [4.78, 5) is 26.2. The monoisotopic (exact) mass is 424 g/mol. The first-order valence-corrected chi connectivity index (χ1v) is 11.5. The van der Waals surface area contributed by atoms with Crippen molar-refractivity contribution in [3.8, 4) is 5.69 Å². The zero-order chi connectivity index (χ0) is 21.1. The van der Waals surface area contributed by atoms with Crippen LogP contribution in [0.4, 0.5) is 0 Å². The molecule has 0 bridgehead atoms. The molecule has 1 aromatic carbocycles. The molecule has 0 radical (unpaired) electrons. The van der Waals surface area contributed by atoms with Crippen LogP contribution in [0.3, 0.4) is 0 Å². The van der Waals surface area contributed by atoms with Gasteiger partial charge in [0.2, 0.25) is 5.91 Å². The van der Waals surface area contributed by atoms with Crippen molar-refractivity contribution < 1.29 is 9.59 Å². The molecule has 3 aromatic rings. The Balaban J connectivity index is 1.39. The second-order valence-electron chi connectivity index (χ2n) is 7.91. The molecule has 0 aliphatic heterocycles. The molecule has 1 fully saturated rings. The summed E-state index contributed by atoms with van der Waals surface area (Å²) in [5.74, 6) is 0.294. The second-order valence-corrected chi connectivity index (χ2v) is 8.94. The van der Waals surface area contributed by atoms with Gasteiger partial charge in [-0.2, -0.15) is 5.10 Å². The Bertz CT molecular complexity index is 1050. The molecule has 158 valence electrons. The largest absolute Gasteiger partial charge is 0.356 e. The van der Waals surface area contributed by atoms with Crippen molar-refractivity contribution in [1.29, 1.82) is 0 Å². The minimum absolute atomic E-state index is 0.0703. The first-order valence-electron chi connectivity index (χ1n) is 10.7. The highest BCUT2D eigenvalue weighted by molar-refractivity contribution is 7.20. The molecule has 1 aliphatic carbocycles. The Labute approximate surface area is 180 Å². The number of thiophene rings is 1. The van der Waals surface area contributed by atoms with Gasteiger partial charge in [-0.25, -0.2) is 4.68 Å². The Morgan fingerprint density at radius 2 is 1.90 bits per heavy atom. The summed E-state index contributed by atoms with van der Waals surface area (Å²) < 4.78 is 1.94. The minimum Gasteiger partial charge on any atom is -0.356 e. The van der Waals surface area contributed by atoms with Crippen LogP contribution in [-0.4, -0.2) is 34.7 Å². The van der Waals surface area contributed by atoms with Crippen LogP contribution in [0.5, 0.6) is 0 Å². The summed E-state index contributed by atoms with van der Waals surface area (Å²) in [6.07, 6.45) is 4.72. The number of nitrogens with zero attached hydrogens (tertiary/aromatic N) is 2. The molecule has 2 N–H and O–H groups in total. The number of fused-ring (bicyclic) bond motifs is 1. The highest BCUT2D eigenvalue weighted by Crippen LogP contribution is 2.31. The molecule has 2 heterocycles. The van der Waals surface area contributed by atoms with Gasteiger partial charge in [-0.1, -0.05) is 31.0 Å². The van der Waals surface area contributed by atoms with E-state index in [0.717, 1.165) is 53.7 Å². The van der Waals surface area contributed by atoms with E-state index in [-0.39, 0.29) is 17.7 Å². The molecule has 6 nitrogen and oxygen atoms in total. The SMILES string of the molecule is CCc1nn(-c2ccc(C)cc2)c2sc(C(=O)NCCCNC(=O)C3CCC3)cc12. The van der Waals surface area contributed by atoms with Crippen molar-refractivity contribution >= 4 is 33.4 Å². The van der Waals surface area contributed by atoms with Crippen LogP contribution in [0, 0.1) is 12.8 Å². The predicted octanol–water partition coefficient (Wildman–Crippen LogP) is 3.99. The maximum absolute atomic E-state index is 12.6. The van der Waals surface area contributed by atoms with E-state index in [0.29, 0.717) is 18.0 Å². The molecule has 0 unspecified atom stereocenters. The van der Waals surface area contributed by atoms with Crippen molar-refractivity contribution in [3.63, 3.8) is 0 Å². The van der Waals surface area contributed by atoms with Crippen LogP contribution < -0.4 is 10.6 Å². The van der Waals surface area contributed by atoms with Gasteiger partial charge in [0.25, 0.3) is 5.91 Å². The number of hydrogen-bond acceptors (Lipinski definition) is 4. The lowest BCUT2D eigenvalue weighted by atomic mass is 9.85. The molecule has 30 heavy (non-hydrogen) atoms. The number of rotatable bonds is 8. The lowest BCUT2D eigenvalue weighted by Crippen LogP contribution is -2.36. The molecule has 0 atom stereocenters. The third-order valence-corrected chi connectivity index (χ3v) is 6.80. The summed E-state index contributed by atoms with van der Waals surface area (Å²) in [7, 11) is 0. The molecule has 1 aliphatic rings. The van der Waals surface area contributed by atoms with E-state index in [1.165, 1.54) is 16.9 Å².